The molecule has 1 unspecified atom stereocenters. The molecule has 0 rings (SSSR count). The van der Waals surface area contributed by atoms with Gasteiger partial charge in [-0.05, 0) is 13.3 Å². The lowest BCUT2D eigenvalue weighted by Crippen LogP contribution is -2.39. The first-order chi connectivity index (χ1) is 7.46. The SMILES string of the molecule is CCC(C)(C#N)C(=O)NCCOCC(F)F. The Morgan fingerprint density at radius 1 is 1.62 bits per heavy atom. The van der Waals surface area contributed by atoms with Gasteiger partial charge in [-0.1, -0.05) is 6.92 Å². The van der Waals surface area contributed by atoms with Gasteiger partial charge < -0.3 is 10.1 Å². The lowest BCUT2D eigenvalue weighted by Gasteiger charge is -2.18. The molecule has 0 saturated heterocycles. The highest BCUT2D eigenvalue weighted by molar-refractivity contribution is 5.84. The Kier molecular flexibility index (Phi) is 6.58. The van der Waals surface area contributed by atoms with Crippen molar-refractivity contribution in [1.29, 1.82) is 5.26 Å². The van der Waals surface area contributed by atoms with Crippen LogP contribution in [0.15, 0.2) is 0 Å². The van der Waals surface area contributed by atoms with Gasteiger partial charge in [0.15, 0.2) is 0 Å². The summed E-state index contributed by atoms with van der Waals surface area (Å²) >= 11 is 0. The number of nitrogens with one attached hydrogen (secondary N) is 1. The first kappa shape index (κ1) is 14.8. The number of amides is 1. The molecule has 4 nitrogen and oxygen atoms in total. The van der Waals surface area contributed by atoms with Gasteiger partial charge >= 0.3 is 0 Å². The Hall–Kier alpha value is -1.22. The average Bonchev–Trinajstić information content (AvgIpc) is 2.26. The molecule has 0 aliphatic heterocycles. The number of hydrogen-bond acceptors (Lipinski definition) is 3. The normalized spacial score (nSPS) is 14.2. The predicted octanol–water partition coefficient (Wildman–Crippen LogP) is 1.32. The minimum absolute atomic E-state index is 0.0152. The number of halogens is 2. The average molecular weight is 234 g/mol. The number of carbonyl (C=O) groups excluding carboxylic acids is 1. The Labute approximate surface area is 93.6 Å². The standard InChI is InChI=1S/C10H16F2N2O2/c1-3-10(2,7-13)9(15)14-4-5-16-6-8(11)12/h8H,3-6H2,1-2H3,(H,14,15). The van der Waals surface area contributed by atoms with Gasteiger partial charge in [-0.15, -0.1) is 0 Å². The maximum absolute atomic E-state index is 11.7. The first-order valence-corrected chi connectivity index (χ1v) is 5.01. The number of carbonyl (C=O) groups is 1. The molecule has 0 aromatic heterocycles. The van der Waals surface area contributed by atoms with E-state index < -0.39 is 24.4 Å². The van der Waals surface area contributed by atoms with Gasteiger partial charge in [0.05, 0.1) is 12.7 Å². The van der Waals surface area contributed by atoms with Crippen LogP contribution in [-0.4, -0.2) is 32.1 Å². The van der Waals surface area contributed by atoms with Crippen LogP contribution in [0.1, 0.15) is 20.3 Å². The molecule has 1 amide bonds. The van der Waals surface area contributed by atoms with Crippen molar-refractivity contribution in [2.45, 2.75) is 26.7 Å². The van der Waals surface area contributed by atoms with E-state index in [-0.39, 0.29) is 13.2 Å². The fraction of sp³-hybridized carbons (Fsp3) is 0.800. The van der Waals surface area contributed by atoms with Crippen LogP contribution >= 0.6 is 0 Å². The Morgan fingerprint density at radius 2 is 2.25 bits per heavy atom. The number of nitriles is 1. The molecule has 0 aromatic rings. The van der Waals surface area contributed by atoms with Crippen molar-refractivity contribution in [3.05, 3.63) is 0 Å². The molecule has 0 heterocycles. The molecule has 0 spiro atoms. The van der Waals surface area contributed by atoms with E-state index in [0.29, 0.717) is 6.42 Å². The number of ether oxygens (including phenoxy) is 1. The molecule has 0 bridgehead atoms. The molecule has 6 heteroatoms. The van der Waals surface area contributed by atoms with Gasteiger partial charge in [0.1, 0.15) is 12.0 Å². The molecule has 0 aliphatic rings. The summed E-state index contributed by atoms with van der Waals surface area (Å²) in [6.45, 7) is 2.77. The molecule has 0 aliphatic carbocycles. The lowest BCUT2D eigenvalue weighted by molar-refractivity contribution is -0.127. The second kappa shape index (κ2) is 7.12. The van der Waals surface area contributed by atoms with Gasteiger partial charge in [-0.2, -0.15) is 5.26 Å². The van der Waals surface area contributed by atoms with Crippen molar-refractivity contribution in [3.8, 4) is 6.07 Å². The fourth-order valence-electron chi connectivity index (χ4n) is 0.895. The van der Waals surface area contributed by atoms with Crippen LogP contribution in [0.4, 0.5) is 8.78 Å². The summed E-state index contributed by atoms with van der Waals surface area (Å²) in [5, 5.41) is 11.3. The van der Waals surface area contributed by atoms with Crippen molar-refractivity contribution in [2.75, 3.05) is 19.8 Å². The Bertz CT molecular complexity index is 266. The summed E-state index contributed by atoms with van der Waals surface area (Å²) in [7, 11) is 0. The molecule has 1 atom stereocenters. The zero-order chi connectivity index (χ0) is 12.6. The van der Waals surface area contributed by atoms with E-state index in [4.69, 9.17) is 5.26 Å². The van der Waals surface area contributed by atoms with E-state index >= 15 is 0 Å². The predicted molar refractivity (Wildman–Crippen MR) is 53.8 cm³/mol. The van der Waals surface area contributed by atoms with Crippen molar-refractivity contribution in [1.82, 2.24) is 5.32 Å². The Balaban J connectivity index is 3.78. The first-order valence-electron chi connectivity index (χ1n) is 5.01. The highest BCUT2D eigenvalue weighted by atomic mass is 19.3. The summed E-state index contributed by atoms with van der Waals surface area (Å²) in [5.74, 6) is -0.404. The lowest BCUT2D eigenvalue weighted by atomic mass is 9.88. The second-order valence-corrected chi connectivity index (χ2v) is 3.52. The zero-order valence-electron chi connectivity index (χ0n) is 9.43. The molecule has 1 N–H and O–H groups in total. The smallest absolute Gasteiger partial charge is 0.261 e. The van der Waals surface area contributed by atoms with E-state index in [2.05, 4.69) is 10.1 Å². The van der Waals surface area contributed by atoms with Gasteiger partial charge in [0.2, 0.25) is 5.91 Å². The van der Waals surface area contributed by atoms with Gasteiger partial charge in [-0.25, -0.2) is 8.78 Å². The van der Waals surface area contributed by atoms with Crippen LogP contribution in [-0.2, 0) is 9.53 Å². The van der Waals surface area contributed by atoms with Crippen molar-refractivity contribution < 1.29 is 18.3 Å². The van der Waals surface area contributed by atoms with Crippen LogP contribution in [0.5, 0.6) is 0 Å². The summed E-state index contributed by atoms with van der Waals surface area (Å²) in [4.78, 5) is 11.5. The number of nitrogens with zero attached hydrogens (tertiary/aromatic N) is 1. The van der Waals surface area contributed by atoms with Crippen molar-refractivity contribution in [3.63, 3.8) is 0 Å². The largest absolute Gasteiger partial charge is 0.374 e. The van der Waals surface area contributed by atoms with Crippen LogP contribution in [0.2, 0.25) is 0 Å². The van der Waals surface area contributed by atoms with E-state index in [1.54, 1.807) is 6.92 Å². The number of rotatable bonds is 7. The maximum atomic E-state index is 11.7. The van der Waals surface area contributed by atoms with Crippen LogP contribution in [0.25, 0.3) is 0 Å². The third-order valence-electron chi connectivity index (χ3n) is 2.23. The van der Waals surface area contributed by atoms with Crippen molar-refractivity contribution >= 4 is 5.91 Å². The van der Waals surface area contributed by atoms with Gasteiger partial charge in [0.25, 0.3) is 6.43 Å². The summed E-state index contributed by atoms with van der Waals surface area (Å²) in [6, 6.07) is 1.91. The number of alkyl halides is 2. The topological polar surface area (TPSA) is 62.1 Å². The molecule has 0 fully saturated rings. The summed E-state index contributed by atoms with van der Waals surface area (Å²) in [6.07, 6.45) is -2.11. The third kappa shape index (κ3) is 5.03. The molecule has 0 aromatic carbocycles. The zero-order valence-corrected chi connectivity index (χ0v) is 9.43. The third-order valence-corrected chi connectivity index (χ3v) is 2.23. The summed E-state index contributed by atoms with van der Waals surface area (Å²) in [5.41, 5.74) is -1.07. The van der Waals surface area contributed by atoms with Crippen molar-refractivity contribution in [2.24, 2.45) is 5.41 Å². The van der Waals surface area contributed by atoms with E-state index in [0.717, 1.165) is 0 Å². The minimum atomic E-state index is -2.50. The molecular weight excluding hydrogens is 218 g/mol. The highest BCUT2D eigenvalue weighted by Crippen LogP contribution is 2.19. The second-order valence-electron chi connectivity index (χ2n) is 3.52. The minimum Gasteiger partial charge on any atom is -0.374 e. The van der Waals surface area contributed by atoms with E-state index in [1.165, 1.54) is 6.92 Å². The van der Waals surface area contributed by atoms with Gasteiger partial charge in [-0.3, -0.25) is 4.79 Å². The fourth-order valence-corrected chi connectivity index (χ4v) is 0.895. The van der Waals surface area contributed by atoms with E-state index in [9.17, 15) is 13.6 Å². The molecular formula is C10H16F2N2O2. The van der Waals surface area contributed by atoms with E-state index in [1.807, 2.05) is 6.07 Å². The Morgan fingerprint density at radius 3 is 2.69 bits per heavy atom. The molecule has 0 saturated carbocycles. The molecule has 16 heavy (non-hydrogen) atoms. The van der Waals surface area contributed by atoms with Crippen LogP contribution in [0, 0.1) is 16.7 Å². The number of hydrogen-bond donors (Lipinski definition) is 1. The van der Waals surface area contributed by atoms with Gasteiger partial charge in [0, 0.05) is 6.54 Å². The quantitative estimate of drug-likeness (QED) is 0.676. The maximum Gasteiger partial charge on any atom is 0.261 e. The molecule has 92 valence electrons. The summed E-state index contributed by atoms with van der Waals surface area (Å²) < 4.78 is 27.9. The van der Waals surface area contributed by atoms with Crippen LogP contribution < -0.4 is 5.32 Å². The molecule has 0 radical (unpaired) electrons. The monoisotopic (exact) mass is 234 g/mol. The van der Waals surface area contributed by atoms with Crippen LogP contribution in [0.3, 0.4) is 0 Å². The highest BCUT2D eigenvalue weighted by Gasteiger charge is 2.30.